The minimum Gasteiger partial charge on any atom is -0.481 e. The molecule has 0 aromatic carbocycles. The van der Waals surface area contributed by atoms with Crippen molar-refractivity contribution in [2.24, 2.45) is 0 Å². The summed E-state index contributed by atoms with van der Waals surface area (Å²) in [7, 11) is 0. The fourth-order valence-electron chi connectivity index (χ4n) is 2.14. The van der Waals surface area contributed by atoms with Gasteiger partial charge in [-0.25, -0.2) is 0 Å². The van der Waals surface area contributed by atoms with E-state index in [1.54, 1.807) is 0 Å². The summed E-state index contributed by atoms with van der Waals surface area (Å²) in [6.45, 7) is 5.34. The Balaban J connectivity index is 2.17. The van der Waals surface area contributed by atoms with E-state index in [1.165, 1.54) is 0 Å². The SMILES string of the molecule is CCCN1CCC(NC(=O)CCC(=O)O)CC1. The van der Waals surface area contributed by atoms with Gasteiger partial charge >= 0.3 is 5.97 Å². The first-order chi connectivity index (χ1) is 8.11. The number of carbonyl (C=O) groups is 2. The highest BCUT2D eigenvalue weighted by molar-refractivity contribution is 5.80. The second kappa shape index (κ2) is 7.27. The first kappa shape index (κ1) is 14.0. The van der Waals surface area contributed by atoms with Crippen molar-refractivity contribution in [1.29, 1.82) is 0 Å². The van der Waals surface area contributed by atoms with E-state index >= 15 is 0 Å². The van der Waals surface area contributed by atoms with Crippen LogP contribution in [0.2, 0.25) is 0 Å². The quantitative estimate of drug-likeness (QED) is 0.724. The van der Waals surface area contributed by atoms with E-state index in [-0.39, 0.29) is 24.8 Å². The lowest BCUT2D eigenvalue weighted by molar-refractivity contribution is -0.139. The van der Waals surface area contributed by atoms with Crippen LogP contribution >= 0.6 is 0 Å². The van der Waals surface area contributed by atoms with E-state index < -0.39 is 5.97 Å². The van der Waals surface area contributed by atoms with Gasteiger partial charge in [-0.15, -0.1) is 0 Å². The molecule has 17 heavy (non-hydrogen) atoms. The highest BCUT2D eigenvalue weighted by Gasteiger charge is 2.19. The van der Waals surface area contributed by atoms with Crippen molar-refractivity contribution in [3.05, 3.63) is 0 Å². The summed E-state index contributed by atoms with van der Waals surface area (Å²) in [5.74, 6) is -1.06. The molecule has 0 aromatic rings. The van der Waals surface area contributed by atoms with Gasteiger partial charge < -0.3 is 15.3 Å². The van der Waals surface area contributed by atoms with Crippen LogP contribution in [0.15, 0.2) is 0 Å². The van der Waals surface area contributed by atoms with Crippen molar-refractivity contribution < 1.29 is 14.7 Å². The molecular formula is C12H22N2O3. The predicted octanol–water partition coefficient (Wildman–Crippen LogP) is 0.842. The molecule has 1 saturated heterocycles. The summed E-state index contributed by atoms with van der Waals surface area (Å²) in [6, 6.07) is 0.226. The molecule has 0 aromatic heterocycles. The molecule has 1 aliphatic heterocycles. The van der Waals surface area contributed by atoms with E-state index in [0.29, 0.717) is 0 Å². The molecule has 5 nitrogen and oxygen atoms in total. The average Bonchev–Trinajstić information content (AvgIpc) is 2.29. The third-order valence-corrected chi connectivity index (χ3v) is 3.06. The van der Waals surface area contributed by atoms with Crippen LogP contribution in [0.4, 0.5) is 0 Å². The van der Waals surface area contributed by atoms with Gasteiger partial charge in [-0.2, -0.15) is 0 Å². The second-order valence-corrected chi connectivity index (χ2v) is 4.58. The Morgan fingerprint density at radius 3 is 2.47 bits per heavy atom. The van der Waals surface area contributed by atoms with Gasteiger partial charge in [0.15, 0.2) is 0 Å². The highest BCUT2D eigenvalue weighted by atomic mass is 16.4. The maximum Gasteiger partial charge on any atom is 0.303 e. The number of hydrogen-bond acceptors (Lipinski definition) is 3. The van der Waals surface area contributed by atoms with Crippen LogP contribution in [0.25, 0.3) is 0 Å². The van der Waals surface area contributed by atoms with Crippen LogP contribution in [0.1, 0.15) is 39.0 Å². The van der Waals surface area contributed by atoms with Crippen molar-refractivity contribution in [1.82, 2.24) is 10.2 Å². The highest BCUT2D eigenvalue weighted by Crippen LogP contribution is 2.10. The van der Waals surface area contributed by atoms with E-state index in [4.69, 9.17) is 5.11 Å². The number of carboxylic acids is 1. The van der Waals surface area contributed by atoms with Crippen LogP contribution in [-0.4, -0.2) is 47.6 Å². The number of hydrogen-bond donors (Lipinski definition) is 2. The van der Waals surface area contributed by atoms with E-state index in [9.17, 15) is 9.59 Å². The molecule has 0 atom stereocenters. The number of carbonyl (C=O) groups excluding carboxylic acids is 1. The van der Waals surface area contributed by atoms with Crippen LogP contribution in [0, 0.1) is 0 Å². The van der Waals surface area contributed by atoms with Gasteiger partial charge in [0, 0.05) is 25.6 Å². The Morgan fingerprint density at radius 1 is 1.29 bits per heavy atom. The maximum absolute atomic E-state index is 11.4. The van der Waals surface area contributed by atoms with Crippen molar-refractivity contribution in [2.45, 2.75) is 45.1 Å². The van der Waals surface area contributed by atoms with Crippen molar-refractivity contribution in [3.8, 4) is 0 Å². The van der Waals surface area contributed by atoms with Crippen LogP contribution in [-0.2, 0) is 9.59 Å². The van der Waals surface area contributed by atoms with Crippen molar-refractivity contribution in [2.75, 3.05) is 19.6 Å². The summed E-state index contributed by atoms with van der Waals surface area (Å²) in [6.07, 6.45) is 3.11. The van der Waals surface area contributed by atoms with Gasteiger partial charge in [-0.05, 0) is 25.8 Å². The molecule has 5 heteroatoms. The Labute approximate surface area is 102 Å². The van der Waals surface area contributed by atoms with E-state index in [0.717, 1.165) is 38.9 Å². The number of nitrogens with zero attached hydrogens (tertiary/aromatic N) is 1. The summed E-state index contributed by atoms with van der Waals surface area (Å²) < 4.78 is 0. The van der Waals surface area contributed by atoms with Crippen LogP contribution < -0.4 is 5.32 Å². The molecular weight excluding hydrogens is 220 g/mol. The Morgan fingerprint density at radius 2 is 1.94 bits per heavy atom. The van der Waals surface area contributed by atoms with Crippen molar-refractivity contribution >= 4 is 11.9 Å². The van der Waals surface area contributed by atoms with Crippen LogP contribution in [0.3, 0.4) is 0 Å². The maximum atomic E-state index is 11.4. The van der Waals surface area contributed by atoms with Gasteiger partial charge in [-0.1, -0.05) is 6.92 Å². The number of aliphatic carboxylic acids is 1. The van der Waals surface area contributed by atoms with Gasteiger partial charge in [0.25, 0.3) is 0 Å². The molecule has 0 saturated carbocycles. The number of piperidine rings is 1. The fraction of sp³-hybridized carbons (Fsp3) is 0.833. The van der Waals surface area contributed by atoms with Gasteiger partial charge in [0.1, 0.15) is 0 Å². The molecule has 0 radical (unpaired) electrons. The molecule has 2 N–H and O–H groups in total. The van der Waals surface area contributed by atoms with Gasteiger partial charge in [-0.3, -0.25) is 9.59 Å². The first-order valence-corrected chi connectivity index (χ1v) is 6.35. The van der Waals surface area contributed by atoms with Gasteiger partial charge in [0.05, 0.1) is 6.42 Å². The molecule has 0 aliphatic carbocycles. The lowest BCUT2D eigenvalue weighted by Crippen LogP contribution is -2.44. The summed E-state index contributed by atoms with van der Waals surface area (Å²) in [5, 5.41) is 11.4. The topological polar surface area (TPSA) is 69.6 Å². The van der Waals surface area contributed by atoms with E-state index in [2.05, 4.69) is 17.1 Å². The summed E-state index contributed by atoms with van der Waals surface area (Å²) in [5.41, 5.74) is 0. The third kappa shape index (κ3) is 5.68. The molecule has 0 bridgehead atoms. The molecule has 1 fully saturated rings. The minimum atomic E-state index is -0.919. The number of amides is 1. The zero-order chi connectivity index (χ0) is 12.7. The Bertz CT molecular complexity index is 260. The Hall–Kier alpha value is -1.10. The molecule has 1 rings (SSSR count). The first-order valence-electron chi connectivity index (χ1n) is 6.35. The van der Waals surface area contributed by atoms with Crippen LogP contribution in [0.5, 0.6) is 0 Å². The Kier molecular flexibility index (Phi) is 5.97. The average molecular weight is 242 g/mol. The number of likely N-dealkylation sites (tertiary alicyclic amines) is 1. The standard InChI is InChI=1S/C12H22N2O3/c1-2-7-14-8-5-10(6-9-14)13-11(15)3-4-12(16)17/h10H,2-9H2,1H3,(H,13,15)(H,16,17). The van der Waals surface area contributed by atoms with Gasteiger partial charge in [0.2, 0.25) is 5.91 Å². The number of carboxylic acid groups (broad SMARTS) is 1. The molecule has 98 valence electrons. The molecule has 1 amide bonds. The molecule has 1 heterocycles. The number of rotatable bonds is 6. The monoisotopic (exact) mass is 242 g/mol. The molecule has 1 aliphatic rings. The zero-order valence-corrected chi connectivity index (χ0v) is 10.4. The predicted molar refractivity (Wildman–Crippen MR) is 64.8 cm³/mol. The summed E-state index contributed by atoms with van der Waals surface area (Å²) >= 11 is 0. The second-order valence-electron chi connectivity index (χ2n) is 4.58. The lowest BCUT2D eigenvalue weighted by atomic mass is 10.0. The number of nitrogens with one attached hydrogen (secondary N) is 1. The fourth-order valence-corrected chi connectivity index (χ4v) is 2.14. The van der Waals surface area contributed by atoms with Crippen molar-refractivity contribution in [3.63, 3.8) is 0 Å². The molecule has 0 spiro atoms. The van der Waals surface area contributed by atoms with E-state index in [1.807, 2.05) is 0 Å². The smallest absolute Gasteiger partial charge is 0.303 e. The largest absolute Gasteiger partial charge is 0.481 e. The lowest BCUT2D eigenvalue weighted by Gasteiger charge is -2.32. The third-order valence-electron chi connectivity index (χ3n) is 3.06. The summed E-state index contributed by atoms with van der Waals surface area (Å²) in [4.78, 5) is 24.2. The normalized spacial score (nSPS) is 17.9. The zero-order valence-electron chi connectivity index (χ0n) is 10.4. The minimum absolute atomic E-state index is 0.0828. The molecule has 0 unspecified atom stereocenters.